The molecule has 0 aliphatic carbocycles. The van der Waals surface area contributed by atoms with Crippen LogP contribution in [0, 0.1) is 17.6 Å². The highest BCUT2D eigenvalue weighted by molar-refractivity contribution is 9.10. The summed E-state index contributed by atoms with van der Waals surface area (Å²) in [6.07, 6.45) is 1.86. The minimum atomic E-state index is -0.442. The maximum absolute atomic E-state index is 13.9. The Hall–Kier alpha value is -0.0000000000000000555. The van der Waals surface area contributed by atoms with Gasteiger partial charge in [0, 0.05) is 22.9 Å². The third-order valence-electron chi connectivity index (χ3n) is 3.38. The van der Waals surface area contributed by atoms with E-state index in [-0.39, 0.29) is 21.3 Å². The SMILES string of the molecule is CCC1OCCC1C(Br)c1cc(F)c(Br)cc1F. The van der Waals surface area contributed by atoms with Crippen LogP contribution < -0.4 is 0 Å². The molecule has 5 heteroatoms. The summed E-state index contributed by atoms with van der Waals surface area (Å²) in [6, 6.07) is 2.43. The van der Waals surface area contributed by atoms with E-state index in [0.29, 0.717) is 12.2 Å². The van der Waals surface area contributed by atoms with Crippen LogP contribution in [0.25, 0.3) is 0 Å². The molecule has 1 aromatic carbocycles. The number of hydrogen-bond acceptors (Lipinski definition) is 1. The fourth-order valence-electron chi connectivity index (χ4n) is 2.40. The molecule has 1 aliphatic rings. The average Bonchev–Trinajstić information content (AvgIpc) is 2.81. The molecular formula is C13H14Br2F2O. The second kappa shape index (κ2) is 5.97. The number of hydrogen-bond donors (Lipinski definition) is 0. The fourth-order valence-corrected chi connectivity index (χ4v) is 3.67. The zero-order valence-electron chi connectivity index (χ0n) is 9.93. The van der Waals surface area contributed by atoms with Crippen LogP contribution in [0.4, 0.5) is 8.78 Å². The Labute approximate surface area is 122 Å². The number of halogens is 4. The van der Waals surface area contributed by atoms with E-state index >= 15 is 0 Å². The summed E-state index contributed by atoms with van der Waals surface area (Å²) in [6.45, 7) is 2.73. The third-order valence-corrected chi connectivity index (χ3v) is 5.16. The van der Waals surface area contributed by atoms with Crippen molar-refractivity contribution in [3.8, 4) is 0 Å². The zero-order chi connectivity index (χ0) is 13.3. The van der Waals surface area contributed by atoms with Gasteiger partial charge in [0.25, 0.3) is 0 Å². The molecule has 0 bridgehead atoms. The van der Waals surface area contributed by atoms with Crippen molar-refractivity contribution in [2.75, 3.05) is 6.61 Å². The maximum atomic E-state index is 13.9. The van der Waals surface area contributed by atoms with Crippen molar-refractivity contribution in [2.24, 2.45) is 5.92 Å². The van der Waals surface area contributed by atoms with Gasteiger partial charge in [0.1, 0.15) is 11.6 Å². The Morgan fingerprint density at radius 1 is 1.39 bits per heavy atom. The zero-order valence-corrected chi connectivity index (χ0v) is 13.1. The molecule has 3 unspecified atom stereocenters. The molecule has 1 fully saturated rings. The largest absolute Gasteiger partial charge is 0.378 e. The lowest BCUT2D eigenvalue weighted by Gasteiger charge is -2.23. The topological polar surface area (TPSA) is 9.23 Å². The van der Waals surface area contributed by atoms with Gasteiger partial charge in [-0.15, -0.1) is 0 Å². The summed E-state index contributed by atoms with van der Waals surface area (Å²) in [7, 11) is 0. The van der Waals surface area contributed by atoms with Crippen LogP contribution in [-0.2, 0) is 4.74 Å². The first-order chi connectivity index (χ1) is 8.54. The first-order valence-electron chi connectivity index (χ1n) is 5.94. The molecule has 18 heavy (non-hydrogen) atoms. The van der Waals surface area contributed by atoms with Gasteiger partial charge in [-0.1, -0.05) is 22.9 Å². The van der Waals surface area contributed by atoms with E-state index in [2.05, 4.69) is 31.9 Å². The second-order valence-corrected chi connectivity index (χ2v) is 6.30. The fraction of sp³-hybridized carbons (Fsp3) is 0.538. The molecule has 0 radical (unpaired) electrons. The van der Waals surface area contributed by atoms with Gasteiger partial charge in [-0.3, -0.25) is 0 Å². The van der Waals surface area contributed by atoms with E-state index in [9.17, 15) is 8.78 Å². The van der Waals surface area contributed by atoms with E-state index in [1.54, 1.807) is 0 Å². The van der Waals surface area contributed by atoms with Crippen molar-refractivity contribution in [3.05, 3.63) is 33.8 Å². The van der Waals surface area contributed by atoms with Gasteiger partial charge < -0.3 is 4.74 Å². The smallest absolute Gasteiger partial charge is 0.137 e. The Kier molecular flexibility index (Phi) is 4.78. The van der Waals surface area contributed by atoms with Crippen LogP contribution in [-0.4, -0.2) is 12.7 Å². The average molecular weight is 384 g/mol. The molecule has 0 N–H and O–H groups in total. The normalized spacial score (nSPS) is 25.4. The van der Waals surface area contributed by atoms with Crippen LogP contribution in [0.1, 0.15) is 30.2 Å². The third kappa shape index (κ3) is 2.78. The summed E-state index contributed by atoms with van der Waals surface area (Å²) in [5.74, 6) is -0.653. The lowest BCUT2D eigenvalue weighted by atomic mass is 9.91. The summed E-state index contributed by atoms with van der Waals surface area (Å²) in [4.78, 5) is -0.215. The minimum Gasteiger partial charge on any atom is -0.378 e. The highest BCUT2D eigenvalue weighted by atomic mass is 79.9. The van der Waals surface area contributed by atoms with Crippen LogP contribution >= 0.6 is 31.9 Å². The lowest BCUT2D eigenvalue weighted by Crippen LogP contribution is -2.19. The maximum Gasteiger partial charge on any atom is 0.137 e. The van der Waals surface area contributed by atoms with Gasteiger partial charge in [0.05, 0.1) is 10.6 Å². The summed E-state index contributed by atoms with van der Waals surface area (Å²) < 4.78 is 33.2. The molecule has 2 rings (SSSR count). The van der Waals surface area contributed by atoms with Crippen molar-refractivity contribution >= 4 is 31.9 Å². The van der Waals surface area contributed by atoms with E-state index in [1.807, 2.05) is 6.92 Å². The molecule has 1 aromatic rings. The number of ether oxygens (including phenoxy) is 1. The summed E-state index contributed by atoms with van der Waals surface area (Å²) in [5, 5.41) is 0. The first kappa shape index (κ1) is 14.4. The molecule has 1 heterocycles. The van der Waals surface area contributed by atoms with Gasteiger partial charge >= 0.3 is 0 Å². The van der Waals surface area contributed by atoms with Crippen molar-refractivity contribution < 1.29 is 13.5 Å². The van der Waals surface area contributed by atoms with Gasteiger partial charge in [-0.25, -0.2) is 8.78 Å². The van der Waals surface area contributed by atoms with Gasteiger partial charge in [0.15, 0.2) is 0 Å². The van der Waals surface area contributed by atoms with Crippen LogP contribution in [0.2, 0.25) is 0 Å². The molecule has 1 aliphatic heterocycles. The predicted octanol–water partition coefficient (Wildman–Crippen LogP) is 4.98. The van der Waals surface area contributed by atoms with Gasteiger partial charge in [0.2, 0.25) is 0 Å². The van der Waals surface area contributed by atoms with Gasteiger partial charge in [-0.2, -0.15) is 0 Å². The van der Waals surface area contributed by atoms with Gasteiger partial charge in [-0.05, 0) is 40.9 Å². The molecule has 0 aromatic heterocycles. The monoisotopic (exact) mass is 382 g/mol. The Morgan fingerprint density at radius 2 is 2.11 bits per heavy atom. The standard InChI is InChI=1S/C13H14Br2F2O/c1-2-12-7(3-4-18-12)13(15)8-5-11(17)9(14)6-10(8)16/h5-7,12-13H,2-4H2,1H3. The number of alkyl halides is 1. The van der Waals surface area contributed by atoms with Crippen LogP contribution in [0.15, 0.2) is 16.6 Å². The highest BCUT2D eigenvalue weighted by Crippen LogP contribution is 2.42. The molecule has 3 atom stereocenters. The molecule has 0 amide bonds. The minimum absolute atomic E-state index is 0.112. The van der Waals surface area contributed by atoms with Crippen LogP contribution in [0.5, 0.6) is 0 Å². The van der Waals surface area contributed by atoms with Crippen molar-refractivity contribution in [1.82, 2.24) is 0 Å². The molecule has 0 saturated carbocycles. The van der Waals surface area contributed by atoms with E-state index in [1.165, 1.54) is 12.1 Å². The Morgan fingerprint density at radius 3 is 2.78 bits per heavy atom. The van der Waals surface area contributed by atoms with E-state index in [4.69, 9.17) is 4.74 Å². The number of benzene rings is 1. The molecule has 1 nitrogen and oxygen atoms in total. The van der Waals surface area contributed by atoms with Crippen molar-refractivity contribution in [2.45, 2.75) is 30.7 Å². The molecular weight excluding hydrogens is 370 g/mol. The quantitative estimate of drug-likeness (QED) is 0.528. The predicted molar refractivity (Wildman–Crippen MR) is 73.9 cm³/mol. The molecule has 1 saturated heterocycles. The van der Waals surface area contributed by atoms with E-state index in [0.717, 1.165) is 12.8 Å². The number of rotatable bonds is 3. The van der Waals surface area contributed by atoms with E-state index < -0.39 is 11.6 Å². The van der Waals surface area contributed by atoms with Crippen molar-refractivity contribution in [1.29, 1.82) is 0 Å². The summed E-state index contributed by atoms with van der Waals surface area (Å²) in [5.41, 5.74) is 0.365. The lowest BCUT2D eigenvalue weighted by molar-refractivity contribution is 0.0871. The molecule has 100 valence electrons. The first-order valence-corrected chi connectivity index (χ1v) is 7.65. The van der Waals surface area contributed by atoms with Crippen LogP contribution in [0.3, 0.4) is 0 Å². The Bertz CT molecular complexity index is 439. The molecule has 0 spiro atoms. The Balaban J connectivity index is 2.28. The second-order valence-electron chi connectivity index (χ2n) is 4.46. The summed E-state index contributed by atoms with van der Waals surface area (Å²) >= 11 is 6.48. The highest BCUT2D eigenvalue weighted by Gasteiger charge is 2.34. The van der Waals surface area contributed by atoms with Crippen molar-refractivity contribution in [3.63, 3.8) is 0 Å².